The number of rotatable bonds is 15. The number of hydrogen-bond donors (Lipinski definition) is 4. The summed E-state index contributed by atoms with van der Waals surface area (Å²) in [5.74, 6) is -0.412. The molecule has 252 valence electrons. The molecule has 5 atom stereocenters. The number of carbonyl (C=O) groups excluding carboxylic acids is 2. The third kappa shape index (κ3) is 8.68. The second-order valence-corrected chi connectivity index (χ2v) is 12.7. The Labute approximate surface area is 281 Å². The summed E-state index contributed by atoms with van der Waals surface area (Å²) in [7, 11) is 0. The fourth-order valence-corrected chi connectivity index (χ4v) is 6.58. The Bertz CT molecular complexity index is 1660. The van der Waals surface area contributed by atoms with Gasteiger partial charge in [-0.25, -0.2) is 9.59 Å². The smallest absolute Gasteiger partial charge is 0.404 e. The molecule has 3 aromatic carbocycles. The molecule has 4 N–H and O–H groups in total. The lowest BCUT2D eigenvalue weighted by atomic mass is 9.92. The SMILES string of the molecule is CC[C@H](C)[C@@H](C(=O)N[C@@H](Cc1ccccc1)C[C@@H](O)[C@H](Cc1ccccc1)NC(=O)O)N1CCN(Cc2ccnc3ccccc23)C1=O. The summed E-state index contributed by atoms with van der Waals surface area (Å²) in [5, 5.41) is 27.6. The minimum absolute atomic E-state index is 0.112. The molecule has 0 bridgehead atoms. The van der Waals surface area contributed by atoms with Gasteiger partial charge in [0.1, 0.15) is 6.04 Å². The maximum atomic E-state index is 14.2. The van der Waals surface area contributed by atoms with Crippen LogP contribution in [-0.2, 0) is 24.2 Å². The predicted octanol–water partition coefficient (Wildman–Crippen LogP) is 5.24. The summed E-state index contributed by atoms with van der Waals surface area (Å²) in [5.41, 5.74) is 3.71. The Morgan fingerprint density at radius 1 is 0.875 bits per heavy atom. The van der Waals surface area contributed by atoms with Gasteiger partial charge >= 0.3 is 12.1 Å². The van der Waals surface area contributed by atoms with Crippen molar-refractivity contribution in [3.8, 4) is 0 Å². The lowest BCUT2D eigenvalue weighted by Gasteiger charge is -2.34. The van der Waals surface area contributed by atoms with E-state index in [-0.39, 0.29) is 24.3 Å². The molecule has 5 rings (SSSR count). The molecule has 48 heavy (non-hydrogen) atoms. The lowest BCUT2D eigenvalue weighted by Crippen LogP contribution is -2.55. The number of hydrogen-bond acceptors (Lipinski definition) is 5. The van der Waals surface area contributed by atoms with Crippen LogP contribution in [0, 0.1) is 5.92 Å². The van der Waals surface area contributed by atoms with Gasteiger partial charge in [0, 0.05) is 37.3 Å². The highest BCUT2D eigenvalue weighted by atomic mass is 16.4. The van der Waals surface area contributed by atoms with Crippen molar-refractivity contribution in [1.82, 2.24) is 25.4 Å². The molecule has 1 fully saturated rings. The van der Waals surface area contributed by atoms with Crippen molar-refractivity contribution >= 4 is 28.9 Å². The van der Waals surface area contributed by atoms with E-state index in [1.807, 2.05) is 105 Å². The molecule has 2 heterocycles. The highest BCUT2D eigenvalue weighted by Crippen LogP contribution is 2.25. The first kappa shape index (κ1) is 34.4. The average molecular weight is 652 g/mol. The molecule has 0 aliphatic carbocycles. The van der Waals surface area contributed by atoms with Crippen molar-refractivity contribution in [2.24, 2.45) is 5.92 Å². The highest BCUT2D eigenvalue weighted by Gasteiger charge is 2.40. The molecule has 1 aliphatic rings. The van der Waals surface area contributed by atoms with E-state index < -0.39 is 30.3 Å². The average Bonchev–Trinajstić information content (AvgIpc) is 3.43. The molecule has 4 aromatic rings. The summed E-state index contributed by atoms with van der Waals surface area (Å²) < 4.78 is 0. The number of benzene rings is 3. The second-order valence-electron chi connectivity index (χ2n) is 12.7. The van der Waals surface area contributed by atoms with Crippen LogP contribution in [0.5, 0.6) is 0 Å². The van der Waals surface area contributed by atoms with Crippen molar-refractivity contribution < 1.29 is 24.6 Å². The second kappa shape index (κ2) is 16.2. The zero-order valence-corrected chi connectivity index (χ0v) is 27.5. The Morgan fingerprint density at radius 3 is 2.19 bits per heavy atom. The van der Waals surface area contributed by atoms with Crippen LogP contribution in [0.15, 0.2) is 97.2 Å². The number of aliphatic hydroxyl groups is 1. The molecular formula is C38H45N5O5. The van der Waals surface area contributed by atoms with Crippen LogP contribution in [0.2, 0.25) is 0 Å². The number of para-hydroxylation sites is 1. The lowest BCUT2D eigenvalue weighted by molar-refractivity contribution is -0.127. The first-order chi connectivity index (χ1) is 23.2. The molecule has 10 nitrogen and oxygen atoms in total. The van der Waals surface area contributed by atoms with Gasteiger partial charge in [0.2, 0.25) is 5.91 Å². The summed E-state index contributed by atoms with van der Waals surface area (Å²) in [6.07, 6.45) is 0.954. The van der Waals surface area contributed by atoms with E-state index in [1.165, 1.54) is 0 Å². The van der Waals surface area contributed by atoms with E-state index >= 15 is 0 Å². The molecule has 4 amide bonds. The Hall–Kier alpha value is -4.96. The van der Waals surface area contributed by atoms with Gasteiger partial charge in [-0.05, 0) is 54.0 Å². The van der Waals surface area contributed by atoms with Gasteiger partial charge in [0.15, 0.2) is 0 Å². The van der Waals surface area contributed by atoms with Crippen LogP contribution >= 0.6 is 0 Å². The van der Waals surface area contributed by atoms with Gasteiger partial charge in [-0.1, -0.05) is 99.1 Å². The Morgan fingerprint density at radius 2 is 1.52 bits per heavy atom. The third-order valence-corrected chi connectivity index (χ3v) is 9.28. The zero-order chi connectivity index (χ0) is 34.0. The van der Waals surface area contributed by atoms with Gasteiger partial charge < -0.3 is 30.6 Å². The standard InChI is InChI=1S/C38H45N5O5/c1-3-26(2)35(43-21-20-42(38(43)48)25-29-18-19-39-32-17-11-10-16-31(29)32)36(45)40-30(22-27-12-6-4-7-13-27)24-34(44)33(41-37(46)47)23-28-14-8-5-9-15-28/h4-19,26,30,33-35,41,44H,3,20-25H2,1-2H3,(H,40,45)(H,46,47)/t26-,30-,33-,34+,35-/m0/s1. The van der Waals surface area contributed by atoms with Crippen molar-refractivity contribution in [3.63, 3.8) is 0 Å². The van der Waals surface area contributed by atoms with Crippen LogP contribution in [0.4, 0.5) is 9.59 Å². The first-order valence-corrected chi connectivity index (χ1v) is 16.7. The number of amides is 4. The number of nitrogens with zero attached hydrogens (tertiary/aromatic N) is 3. The van der Waals surface area contributed by atoms with Gasteiger partial charge in [-0.3, -0.25) is 9.78 Å². The van der Waals surface area contributed by atoms with Crippen LogP contribution in [0.25, 0.3) is 10.9 Å². The monoisotopic (exact) mass is 651 g/mol. The molecular weight excluding hydrogens is 606 g/mol. The van der Waals surface area contributed by atoms with Crippen LogP contribution in [0.1, 0.15) is 43.4 Å². The number of aliphatic hydroxyl groups excluding tert-OH is 1. The van der Waals surface area contributed by atoms with Gasteiger partial charge in [-0.15, -0.1) is 0 Å². The van der Waals surface area contributed by atoms with E-state index in [2.05, 4.69) is 15.6 Å². The van der Waals surface area contributed by atoms with E-state index in [4.69, 9.17) is 0 Å². The molecule has 1 aromatic heterocycles. The summed E-state index contributed by atoms with van der Waals surface area (Å²) in [6, 6.07) is 26.6. The number of urea groups is 1. The molecule has 1 saturated heterocycles. The van der Waals surface area contributed by atoms with Crippen molar-refractivity contribution in [2.75, 3.05) is 13.1 Å². The number of nitrogens with one attached hydrogen (secondary N) is 2. The van der Waals surface area contributed by atoms with Crippen molar-refractivity contribution in [2.45, 2.75) is 70.3 Å². The number of carboxylic acid groups (broad SMARTS) is 1. The molecule has 1 aliphatic heterocycles. The number of aromatic nitrogens is 1. The number of fused-ring (bicyclic) bond motifs is 1. The van der Waals surface area contributed by atoms with E-state index in [0.29, 0.717) is 38.9 Å². The van der Waals surface area contributed by atoms with Crippen LogP contribution in [-0.4, -0.2) is 80.3 Å². The van der Waals surface area contributed by atoms with Crippen molar-refractivity contribution in [1.29, 1.82) is 0 Å². The van der Waals surface area contributed by atoms with E-state index in [1.54, 1.807) is 16.0 Å². The molecule has 0 radical (unpaired) electrons. The quantitative estimate of drug-likeness (QED) is 0.139. The van der Waals surface area contributed by atoms with Gasteiger partial charge in [-0.2, -0.15) is 0 Å². The third-order valence-electron chi connectivity index (χ3n) is 9.28. The fourth-order valence-electron chi connectivity index (χ4n) is 6.58. The highest BCUT2D eigenvalue weighted by molar-refractivity contribution is 5.89. The summed E-state index contributed by atoms with van der Waals surface area (Å²) in [4.78, 5) is 47.7. The van der Waals surface area contributed by atoms with E-state index in [0.717, 1.165) is 27.6 Å². The van der Waals surface area contributed by atoms with E-state index in [9.17, 15) is 24.6 Å². The van der Waals surface area contributed by atoms with Gasteiger partial charge in [0.25, 0.3) is 0 Å². The minimum atomic E-state index is -1.23. The summed E-state index contributed by atoms with van der Waals surface area (Å²) >= 11 is 0. The molecule has 10 heteroatoms. The van der Waals surface area contributed by atoms with Crippen molar-refractivity contribution in [3.05, 3.63) is 114 Å². The topological polar surface area (TPSA) is 135 Å². The molecule has 0 saturated carbocycles. The van der Waals surface area contributed by atoms with Crippen LogP contribution < -0.4 is 10.6 Å². The largest absolute Gasteiger partial charge is 0.465 e. The maximum absolute atomic E-state index is 14.2. The minimum Gasteiger partial charge on any atom is -0.465 e. The number of carbonyl (C=O) groups is 3. The first-order valence-electron chi connectivity index (χ1n) is 16.7. The summed E-state index contributed by atoms with van der Waals surface area (Å²) in [6.45, 7) is 5.30. The normalized spacial score (nSPS) is 16.3. The Balaban J connectivity index is 1.34. The Kier molecular flexibility index (Phi) is 11.6. The van der Waals surface area contributed by atoms with Crippen LogP contribution in [0.3, 0.4) is 0 Å². The predicted molar refractivity (Wildman–Crippen MR) is 185 cm³/mol. The zero-order valence-electron chi connectivity index (χ0n) is 27.5. The number of pyridine rings is 1. The molecule has 0 unspecified atom stereocenters. The fraction of sp³-hybridized carbons (Fsp3) is 0.368. The molecule has 0 spiro atoms. The van der Waals surface area contributed by atoms with Gasteiger partial charge in [0.05, 0.1) is 17.7 Å². The maximum Gasteiger partial charge on any atom is 0.404 e.